The molecule has 1 unspecified atom stereocenters. The van der Waals surface area contributed by atoms with Gasteiger partial charge in [0.25, 0.3) is 0 Å². The van der Waals surface area contributed by atoms with E-state index in [1.165, 1.54) is 0 Å². The Morgan fingerprint density at radius 3 is 3.00 bits per heavy atom. The van der Waals surface area contributed by atoms with Crippen LogP contribution in [0.15, 0.2) is 24.3 Å². The van der Waals surface area contributed by atoms with Crippen LogP contribution in [0.4, 0.5) is 5.69 Å². The molecule has 3 N–H and O–H groups in total. The molecule has 1 aromatic carbocycles. The Labute approximate surface area is 123 Å². The fourth-order valence-electron chi connectivity index (χ4n) is 2.42. The number of hydrogen-bond acceptors (Lipinski definition) is 4. The van der Waals surface area contributed by atoms with Crippen LogP contribution in [-0.4, -0.2) is 36.3 Å². The van der Waals surface area contributed by atoms with Crippen LogP contribution in [0, 0.1) is 17.2 Å². The summed E-state index contributed by atoms with van der Waals surface area (Å²) in [6.45, 7) is 1.19. The summed E-state index contributed by atoms with van der Waals surface area (Å²) in [5, 5.41) is 11.8. The molecule has 1 aromatic rings. The minimum atomic E-state index is -0.345. The van der Waals surface area contributed by atoms with E-state index in [4.69, 9.17) is 11.0 Å². The molecule has 1 aliphatic rings. The van der Waals surface area contributed by atoms with E-state index in [1.807, 2.05) is 6.07 Å². The van der Waals surface area contributed by atoms with Gasteiger partial charge in [0, 0.05) is 18.8 Å². The molecule has 21 heavy (non-hydrogen) atoms. The van der Waals surface area contributed by atoms with Crippen molar-refractivity contribution in [3.05, 3.63) is 29.8 Å². The summed E-state index contributed by atoms with van der Waals surface area (Å²) in [5.74, 6) is -0.657. The van der Waals surface area contributed by atoms with E-state index < -0.39 is 0 Å². The van der Waals surface area contributed by atoms with Crippen molar-refractivity contribution in [3.8, 4) is 6.07 Å². The number of carbonyl (C=O) groups excluding carboxylic acids is 2. The average Bonchev–Trinajstić information content (AvgIpc) is 2.53. The third kappa shape index (κ3) is 3.96. The quantitative estimate of drug-likeness (QED) is 0.850. The molecule has 0 radical (unpaired) electrons. The van der Waals surface area contributed by atoms with E-state index in [2.05, 4.69) is 5.32 Å². The molecule has 110 valence electrons. The second-order valence-corrected chi connectivity index (χ2v) is 5.13. The van der Waals surface area contributed by atoms with E-state index in [0.29, 0.717) is 18.7 Å². The maximum atomic E-state index is 12.1. The van der Waals surface area contributed by atoms with Gasteiger partial charge in [-0.15, -0.1) is 0 Å². The Balaban J connectivity index is 1.89. The number of hydrogen-bond donors (Lipinski definition) is 2. The zero-order valence-electron chi connectivity index (χ0n) is 11.7. The van der Waals surface area contributed by atoms with E-state index >= 15 is 0 Å². The van der Waals surface area contributed by atoms with Gasteiger partial charge in [0.15, 0.2) is 0 Å². The molecule has 1 aliphatic heterocycles. The van der Waals surface area contributed by atoms with Crippen LogP contribution in [-0.2, 0) is 9.59 Å². The fraction of sp³-hybridized carbons (Fsp3) is 0.400. The van der Waals surface area contributed by atoms with Gasteiger partial charge in [0.2, 0.25) is 11.8 Å². The largest absolute Gasteiger partial charge is 0.376 e. The third-order valence-electron chi connectivity index (χ3n) is 3.61. The number of nitrogens with one attached hydrogen (secondary N) is 1. The second-order valence-electron chi connectivity index (χ2n) is 5.13. The molecule has 0 aromatic heterocycles. The number of primary amides is 1. The van der Waals surface area contributed by atoms with Crippen molar-refractivity contribution in [1.29, 1.82) is 5.26 Å². The minimum Gasteiger partial charge on any atom is -0.376 e. The maximum Gasteiger partial charge on any atom is 0.241 e. The number of likely N-dealkylation sites (tertiary alicyclic amines) is 1. The van der Waals surface area contributed by atoms with Crippen LogP contribution in [0.5, 0.6) is 0 Å². The topological polar surface area (TPSA) is 99.2 Å². The highest BCUT2D eigenvalue weighted by Gasteiger charge is 2.26. The molecule has 0 aliphatic carbocycles. The van der Waals surface area contributed by atoms with Crippen molar-refractivity contribution < 1.29 is 9.59 Å². The number of benzene rings is 1. The number of nitrogens with two attached hydrogens (primary N) is 1. The van der Waals surface area contributed by atoms with Crippen LogP contribution in [0.25, 0.3) is 0 Å². The predicted octanol–water partition coefficient (Wildman–Crippen LogP) is 0.694. The summed E-state index contributed by atoms with van der Waals surface area (Å²) in [7, 11) is 0. The van der Waals surface area contributed by atoms with Crippen LogP contribution >= 0.6 is 0 Å². The average molecular weight is 286 g/mol. The van der Waals surface area contributed by atoms with Crippen LogP contribution in [0.2, 0.25) is 0 Å². The van der Waals surface area contributed by atoms with Gasteiger partial charge < -0.3 is 16.0 Å². The van der Waals surface area contributed by atoms with Gasteiger partial charge in [-0.25, -0.2) is 0 Å². The summed E-state index contributed by atoms with van der Waals surface area (Å²) in [6, 6.07) is 9.00. The van der Waals surface area contributed by atoms with Crippen molar-refractivity contribution in [1.82, 2.24) is 4.90 Å². The van der Waals surface area contributed by atoms with Crippen molar-refractivity contribution in [2.45, 2.75) is 12.8 Å². The lowest BCUT2D eigenvalue weighted by Crippen LogP contribution is -2.45. The number of amides is 2. The Hall–Kier alpha value is -2.55. The number of nitriles is 1. The van der Waals surface area contributed by atoms with E-state index in [-0.39, 0.29) is 24.3 Å². The van der Waals surface area contributed by atoms with Gasteiger partial charge in [-0.1, -0.05) is 6.07 Å². The smallest absolute Gasteiger partial charge is 0.241 e. The van der Waals surface area contributed by atoms with Crippen molar-refractivity contribution in [2.75, 3.05) is 25.0 Å². The summed E-state index contributed by atoms with van der Waals surface area (Å²) >= 11 is 0. The summed E-state index contributed by atoms with van der Waals surface area (Å²) < 4.78 is 0. The van der Waals surface area contributed by atoms with Crippen molar-refractivity contribution in [2.24, 2.45) is 11.7 Å². The lowest BCUT2D eigenvalue weighted by Gasteiger charge is -2.31. The summed E-state index contributed by atoms with van der Waals surface area (Å²) in [6.07, 6.45) is 1.54. The van der Waals surface area contributed by atoms with E-state index in [0.717, 1.165) is 18.5 Å². The highest BCUT2D eigenvalue weighted by Crippen LogP contribution is 2.16. The van der Waals surface area contributed by atoms with Gasteiger partial charge in [0.05, 0.1) is 24.1 Å². The van der Waals surface area contributed by atoms with Crippen LogP contribution in [0.3, 0.4) is 0 Å². The Morgan fingerprint density at radius 2 is 2.29 bits per heavy atom. The summed E-state index contributed by atoms with van der Waals surface area (Å²) in [5.41, 5.74) is 6.57. The fourth-order valence-corrected chi connectivity index (χ4v) is 2.42. The molecule has 6 nitrogen and oxygen atoms in total. The monoisotopic (exact) mass is 286 g/mol. The van der Waals surface area contributed by atoms with Crippen molar-refractivity contribution in [3.63, 3.8) is 0 Å². The maximum absolute atomic E-state index is 12.1. The molecule has 2 rings (SSSR count). The molecule has 1 fully saturated rings. The molecular weight excluding hydrogens is 268 g/mol. The number of nitrogens with zero attached hydrogens (tertiary/aromatic N) is 2. The first-order valence-corrected chi connectivity index (χ1v) is 6.91. The highest BCUT2D eigenvalue weighted by atomic mass is 16.2. The molecule has 1 heterocycles. The Bertz CT molecular complexity index is 579. The van der Waals surface area contributed by atoms with Crippen LogP contribution < -0.4 is 11.1 Å². The molecule has 1 saturated heterocycles. The number of rotatable bonds is 4. The zero-order chi connectivity index (χ0) is 15.2. The molecule has 0 spiro atoms. The van der Waals surface area contributed by atoms with E-state index in [9.17, 15) is 9.59 Å². The number of carbonyl (C=O) groups is 2. The predicted molar refractivity (Wildman–Crippen MR) is 78.1 cm³/mol. The third-order valence-corrected chi connectivity index (χ3v) is 3.61. The molecule has 6 heteroatoms. The van der Waals surface area contributed by atoms with E-state index in [1.54, 1.807) is 29.2 Å². The highest BCUT2D eigenvalue weighted by molar-refractivity contribution is 5.83. The molecule has 0 saturated carbocycles. The molecule has 2 amide bonds. The molecule has 0 bridgehead atoms. The first-order valence-electron chi connectivity index (χ1n) is 6.91. The second kappa shape index (κ2) is 6.75. The first kappa shape index (κ1) is 14.9. The van der Waals surface area contributed by atoms with Gasteiger partial charge in [-0.05, 0) is 31.0 Å². The summed E-state index contributed by atoms with van der Waals surface area (Å²) in [4.78, 5) is 25.0. The van der Waals surface area contributed by atoms with Gasteiger partial charge in [-0.3, -0.25) is 9.59 Å². The normalized spacial score (nSPS) is 17.9. The molecule has 1 atom stereocenters. The lowest BCUT2D eigenvalue weighted by atomic mass is 9.97. The zero-order valence-corrected chi connectivity index (χ0v) is 11.7. The lowest BCUT2D eigenvalue weighted by molar-refractivity contribution is -0.133. The minimum absolute atomic E-state index is 0.0664. The van der Waals surface area contributed by atoms with Gasteiger partial charge in [-0.2, -0.15) is 5.26 Å². The SMILES string of the molecule is N#Cc1cccc(NCC(=O)N2CCCC(C(N)=O)C2)c1. The van der Waals surface area contributed by atoms with Crippen molar-refractivity contribution >= 4 is 17.5 Å². The van der Waals surface area contributed by atoms with Gasteiger partial charge in [0.1, 0.15) is 0 Å². The van der Waals surface area contributed by atoms with Crippen LogP contribution in [0.1, 0.15) is 18.4 Å². The molecular formula is C15H18N4O2. The standard InChI is InChI=1S/C15H18N4O2/c16-8-11-3-1-5-13(7-11)18-9-14(20)19-6-2-4-12(10-19)15(17)21/h1,3,5,7,12,18H,2,4,6,9-10H2,(H2,17,21). The first-order chi connectivity index (χ1) is 10.1. The Morgan fingerprint density at radius 1 is 1.48 bits per heavy atom. The van der Waals surface area contributed by atoms with Gasteiger partial charge >= 0.3 is 0 Å². The number of piperidine rings is 1. The Kier molecular flexibility index (Phi) is 4.77. The number of anilines is 1.